The summed E-state index contributed by atoms with van der Waals surface area (Å²) in [4.78, 5) is 0.330. The van der Waals surface area contributed by atoms with Gasteiger partial charge in [-0.15, -0.1) is 0 Å². The zero-order valence-electron chi connectivity index (χ0n) is 12.5. The third-order valence-electron chi connectivity index (χ3n) is 3.38. The minimum absolute atomic E-state index is 0.330. The second-order valence-electron chi connectivity index (χ2n) is 5.04. The SMILES string of the molecule is CNCc1cc(C)c(C)c(S(=O)(=O)Nc2ccccc2)c1. The van der Waals surface area contributed by atoms with Crippen LogP contribution in [0.4, 0.5) is 5.69 Å². The van der Waals surface area contributed by atoms with Crippen molar-refractivity contribution in [2.24, 2.45) is 0 Å². The first-order chi connectivity index (χ1) is 9.94. The number of anilines is 1. The fourth-order valence-corrected chi connectivity index (χ4v) is 3.63. The van der Waals surface area contributed by atoms with Crippen molar-refractivity contribution >= 4 is 15.7 Å². The van der Waals surface area contributed by atoms with Crippen LogP contribution in [-0.4, -0.2) is 15.5 Å². The molecule has 0 radical (unpaired) electrons. The summed E-state index contributed by atoms with van der Waals surface area (Å²) in [5.41, 5.74) is 3.26. The molecule has 0 spiro atoms. The van der Waals surface area contributed by atoms with Crippen LogP contribution in [-0.2, 0) is 16.6 Å². The van der Waals surface area contributed by atoms with Crippen LogP contribution in [0.2, 0.25) is 0 Å². The molecule has 5 heteroatoms. The topological polar surface area (TPSA) is 58.2 Å². The van der Waals surface area contributed by atoms with Crippen LogP contribution in [0.5, 0.6) is 0 Å². The molecule has 2 aromatic rings. The molecular weight excluding hydrogens is 284 g/mol. The summed E-state index contributed by atoms with van der Waals surface area (Å²) < 4.78 is 27.8. The van der Waals surface area contributed by atoms with Crippen LogP contribution in [0.3, 0.4) is 0 Å². The highest BCUT2D eigenvalue weighted by Gasteiger charge is 2.19. The third-order valence-corrected chi connectivity index (χ3v) is 4.88. The lowest BCUT2D eigenvalue weighted by atomic mass is 10.1. The lowest BCUT2D eigenvalue weighted by Gasteiger charge is -2.14. The molecule has 0 bridgehead atoms. The molecule has 0 amide bonds. The molecule has 0 aliphatic carbocycles. The number of hydrogen-bond donors (Lipinski definition) is 2. The van der Waals surface area contributed by atoms with Gasteiger partial charge in [-0.25, -0.2) is 8.42 Å². The van der Waals surface area contributed by atoms with Gasteiger partial charge in [0.05, 0.1) is 4.90 Å². The Morgan fingerprint density at radius 3 is 2.33 bits per heavy atom. The molecule has 0 heterocycles. The molecule has 4 nitrogen and oxygen atoms in total. The molecule has 0 unspecified atom stereocenters. The van der Waals surface area contributed by atoms with Crippen LogP contribution >= 0.6 is 0 Å². The van der Waals surface area contributed by atoms with Gasteiger partial charge in [-0.2, -0.15) is 0 Å². The summed E-state index contributed by atoms with van der Waals surface area (Å²) >= 11 is 0. The van der Waals surface area contributed by atoms with Gasteiger partial charge >= 0.3 is 0 Å². The summed E-state index contributed by atoms with van der Waals surface area (Å²) in [6.07, 6.45) is 0. The van der Waals surface area contributed by atoms with E-state index in [0.29, 0.717) is 17.1 Å². The molecule has 0 aliphatic rings. The van der Waals surface area contributed by atoms with Crippen molar-refractivity contribution in [1.29, 1.82) is 0 Å². The third kappa shape index (κ3) is 3.62. The first-order valence-electron chi connectivity index (χ1n) is 6.76. The van der Waals surface area contributed by atoms with Crippen LogP contribution in [0.25, 0.3) is 0 Å². The van der Waals surface area contributed by atoms with Crippen LogP contribution < -0.4 is 10.0 Å². The van der Waals surface area contributed by atoms with Gasteiger partial charge in [0.25, 0.3) is 10.0 Å². The molecule has 21 heavy (non-hydrogen) atoms. The van der Waals surface area contributed by atoms with Crippen LogP contribution in [0.15, 0.2) is 47.4 Å². The highest BCUT2D eigenvalue weighted by atomic mass is 32.2. The number of para-hydroxylation sites is 1. The van der Waals surface area contributed by atoms with E-state index in [1.54, 1.807) is 30.3 Å². The largest absolute Gasteiger partial charge is 0.316 e. The number of aryl methyl sites for hydroxylation is 1. The Balaban J connectivity index is 2.44. The molecule has 0 saturated heterocycles. The van der Waals surface area contributed by atoms with Crippen molar-refractivity contribution in [3.05, 3.63) is 59.2 Å². The number of nitrogens with one attached hydrogen (secondary N) is 2. The molecule has 2 rings (SSSR count). The smallest absolute Gasteiger partial charge is 0.262 e. The fraction of sp³-hybridized carbons (Fsp3) is 0.250. The van der Waals surface area contributed by atoms with E-state index < -0.39 is 10.0 Å². The van der Waals surface area contributed by atoms with E-state index in [4.69, 9.17) is 0 Å². The van der Waals surface area contributed by atoms with Gasteiger partial charge in [0, 0.05) is 12.2 Å². The summed E-state index contributed by atoms with van der Waals surface area (Å²) in [5, 5.41) is 3.04. The first-order valence-corrected chi connectivity index (χ1v) is 8.25. The zero-order chi connectivity index (χ0) is 15.5. The van der Waals surface area contributed by atoms with E-state index in [9.17, 15) is 8.42 Å². The predicted molar refractivity (Wildman–Crippen MR) is 85.9 cm³/mol. The quantitative estimate of drug-likeness (QED) is 0.893. The average molecular weight is 304 g/mol. The van der Waals surface area contributed by atoms with Crippen molar-refractivity contribution < 1.29 is 8.42 Å². The highest BCUT2D eigenvalue weighted by molar-refractivity contribution is 7.92. The summed E-state index contributed by atoms with van der Waals surface area (Å²) in [7, 11) is -1.75. The monoisotopic (exact) mass is 304 g/mol. The van der Waals surface area contributed by atoms with Crippen molar-refractivity contribution in [1.82, 2.24) is 5.32 Å². The Hall–Kier alpha value is -1.85. The van der Waals surface area contributed by atoms with E-state index in [-0.39, 0.29) is 0 Å². The van der Waals surface area contributed by atoms with E-state index >= 15 is 0 Å². The Morgan fingerprint density at radius 1 is 1.05 bits per heavy atom. The second kappa shape index (κ2) is 6.28. The lowest BCUT2D eigenvalue weighted by Crippen LogP contribution is -2.16. The molecular formula is C16H20N2O2S. The minimum Gasteiger partial charge on any atom is -0.316 e. The van der Waals surface area contributed by atoms with Gasteiger partial charge in [0.1, 0.15) is 0 Å². The first kappa shape index (κ1) is 15.5. The number of sulfonamides is 1. The second-order valence-corrected chi connectivity index (χ2v) is 6.69. The van der Waals surface area contributed by atoms with E-state index in [1.807, 2.05) is 33.0 Å². The standard InChI is InChI=1S/C16H20N2O2S/c1-12-9-14(11-17-3)10-16(13(12)2)21(19,20)18-15-7-5-4-6-8-15/h4-10,17-18H,11H2,1-3H3. The summed E-state index contributed by atoms with van der Waals surface area (Å²) in [6, 6.07) is 12.6. The Morgan fingerprint density at radius 2 is 1.71 bits per heavy atom. The van der Waals surface area contributed by atoms with Crippen LogP contribution in [0.1, 0.15) is 16.7 Å². The fourth-order valence-electron chi connectivity index (χ4n) is 2.20. The Kier molecular flexibility index (Phi) is 4.65. The molecule has 0 atom stereocenters. The zero-order valence-corrected chi connectivity index (χ0v) is 13.3. The van der Waals surface area contributed by atoms with Crippen molar-refractivity contribution in [2.75, 3.05) is 11.8 Å². The number of benzene rings is 2. The molecule has 2 aromatic carbocycles. The number of rotatable bonds is 5. The van der Waals surface area contributed by atoms with Gasteiger partial charge in [0.15, 0.2) is 0 Å². The van der Waals surface area contributed by atoms with Gasteiger partial charge < -0.3 is 5.32 Å². The van der Waals surface area contributed by atoms with E-state index in [0.717, 1.165) is 16.7 Å². The minimum atomic E-state index is -3.59. The van der Waals surface area contributed by atoms with Crippen molar-refractivity contribution in [3.63, 3.8) is 0 Å². The summed E-state index contributed by atoms with van der Waals surface area (Å²) in [5.74, 6) is 0. The predicted octanol–water partition coefficient (Wildman–Crippen LogP) is 2.82. The number of hydrogen-bond acceptors (Lipinski definition) is 3. The lowest BCUT2D eigenvalue weighted by molar-refractivity contribution is 0.600. The van der Waals surface area contributed by atoms with E-state index in [2.05, 4.69) is 10.0 Å². The maximum atomic E-state index is 12.6. The normalized spacial score (nSPS) is 11.4. The Bertz CT molecular complexity index is 725. The molecule has 2 N–H and O–H groups in total. The molecule has 0 aliphatic heterocycles. The molecule has 0 aromatic heterocycles. The maximum Gasteiger partial charge on any atom is 0.262 e. The molecule has 0 fully saturated rings. The van der Waals surface area contributed by atoms with E-state index in [1.165, 1.54) is 0 Å². The Labute approximate surface area is 126 Å². The molecule has 112 valence electrons. The van der Waals surface area contributed by atoms with Gasteiger partial charge in [-0.05, 0) is 55.8 Å². The van der Waals surface area contributed by atoms with Gasteiger partial charge in [0.2, 0.25) is 0 Å². The maximum absolute atomic E-state index is 12.6. The van der Waals surface area contributed by atoms with Crippen molar-refractivity contribution in [2.45, 2.75) is 25.3 Å². The highest BCUT2D eigenvalue weighted by Crippen LogP contribution is 2.23. The van der Waals surface area contributed by atoms with Crippen LogP contribution in [0, 0.1) is 13.8 Å². The van der Waals surface area contributed by atoms with Gasteiger partial charge in [-0.1, -0.05) is 24.3 Å². The average Bonchev–Trinajstić information content (AvgIpc) is 2.43. The summed E-state index contributed by atoms with van der Waals surface area (Å²) in [6.45, 7) is 4.39. The van der Waals surface area contributed by atoms with Gasteiger partial charge in [-0.3, -0.25) is 4.72 Å². The molecule has 0 saturated carbocycles. The van der Waals surface area contributed by atoms with Crippen molar-refractivity contribution in [3.8, 4) is 0 Å².